The number of Topliss-reactive ketones (excluding diaryl/α,β-unsaturated/α-hetero) is 1. The average Bonchev–Trinajstić information content (AvgIpc) is 2.92. The minimum Gasteiger partial charge on any atom is -0.480 e. The molecular weight excluding hydrogens is 476 g/mol. The van der Waals surface area contributed by atoms with Crippen LogP contribution in [0, 0.1) is 13.8 Å². The summed E-state index contributed by atoms with van der Waals surface area (Å²) in [4.78, 5) is 40.7. The summed E-state index contributed by atoms with van der Waals surface area (Å²) in [7, 11) is 0. The summed E-state index contributed by atoms with van der Waals surface area (Å²) < 4.78 is 0. The molecule has 1 heterocycles. The fourth-order valence-electron chi connectivity index (χ4n) is 4.47. The highest BCUT2D eigenvalue weighted by Crippen LogP contribution is 2.33. The highest BCUT2D eigenvalue weighted by molar-refractivity contribution is 5.97. The Morgan fingerprint density at radius 2 is 1.47 bits per heavy atom. The number of benzene rings is 3. The lowest BCUT2D eigenvalue weighted by atomic mass is 9.83. The second kappa shape index (κ2) is 11.6. The molecule has 1 amide bonds. The third-order valence-electron chi connectivity index (χ3n) is 6.68. The number of nitrogens with one attached hydrogen (secondary N) is 1. The van der Waals surface area contributed by atoms with Crippen LogP contribution in [0.15, 0.2) is 91.1 Å². The maximum Gasteiger partial charge on any atom is 0.325 e. The molecule has 0 spiro atoms. The number of rotatable bonds is 9. The first-order chi connectivity index (χ1) is 18.2. The van der Waals surface area contributed by atoms with Gasteiger partial charge in [0.25, 0.3) is 5.91 Å². The van der Waals surface area contributed by atoms with Gasteiger partial charge in [0.1, 0.15) is 6.04 Å². The third kappa shape index (κ3) is 6.21. The van der Waals surface area contributed by atoms with Gasteiger partial charge in [-0.15, -0.1) is 0 Å². The van der Waals surface area contributed by atoms with Crippen molar-refractivity contribution < 1.29 is 19.5 Å². The zero-order valence-corrected chi connectivity index (χ0v) is 21.6. The normalized spacial score (nSPS) is 12.4. The topological polar surface area (TPSA) is 96.4 Å². The number of carbonyl (C=O) groups is 3. The van der Waals surface area contributed by atoms with Crippen molar-refractivity contribution in [3.8, 4) is 11.1 Å². The van der Waals surface area contributed by atoms with Gasteiger partial charge in [0.05, 0.1) is 0 Å². The van der Waals surface area contributed by atoms with Crippen LogP contribution in [-0.4, -0.2) is 33.8 Å². The molecule has 0 saturated heterocycles. The number of hydrogen-bond donors (Lipinski definition) is 2. The Bertz CT molecular complexity index is 1460. The number of aryl methyl sites for hydroxylation is 2. The van der Waals surface area contributed by atoms with E-state index in [1.54, 1.807) is 24.4 Å². The summed E-state index contributed by atoms with van der Waals surface area (Å²) >= 11 is 0. The number of carboxylic acids is 1. The summed E-state index contributed by atoms with van der Waals surface area (Å²) in [5, 5.41) is 11.5. The lowest BCUT2D eigenvalue weighted by molar-refractivity contribution is -0.138. The average molecular weight is 507 g/mol. The molecule has 2 N–H and O–H groups in total. The van der Waals surface area contributed by atoms with Gasteiger partial charge in [-0.2, -0.15) is 0 Å². The smallest absolute Gasteiger partial charge is 0.325 e. The van der Waals surface area contributed by atoms with E-state index in [1.165, 1.54) is 6.92 Å². The molecule has 1 aromatic heterocycles. The number of nitrogens with zero attached hydrogens (tertiary/aromatic N) is 1. The number of carboxylic acid groups (broad SMARTS) is 1. The Kier molecular flexibility index (Phi) is 8.12. The summed E-state index contributed by atoms with van der Waals surface area (Å²) in [5.74, 6) is -1.55. The molecule has 0 aliphatic carbocycles. The minimum absolute atomic E-state index is 0.0684. The van der Waals surface area contributed by atoms with Gasteiger partial charge in [-0.3, -0.25) is 19.4 Å². The highest BCUT2D eigenvalue weighted by atomic mass is 16.4. The van der Waals surface area contributed by atoms with E-state index < -0.39 is 17.9 Å². The molecule has 0 radical (unpaired) electrons. The molecule has 0 saturated carbocycles. The van der Waals surface area contributed by atoms with Crippen LogP contribution in [0.25, 0.3) is 11.1 Å². The number of pyridine rings is 1. The SMILES string of the molecule is Cc1cc(C(=O)C[C@@H](c2ccc(-c3ccc(C(=O)NC(C)C(=O)O)cc3)cc2)c2ccccc2C)ccn1. The number of hydrogen-bond acceptors (Lipinski definition) is 4. The summed E-state index contributed by atoms with van der Waals surface area (Å²) in [5.41, 5.74) is 7.05. The van der Waals surface area contributed by atoms with E-state index in [-0.39, 0.29) is 11.7 Å². The number of ketones is 1. The molecule has 0 aliphatic rings. The monoisotopic (exact) mass is 506 g/mol. The Hall–Kier alpha value is -4.58. The van der Waals surface area contributed by atoms with Crippen molar-refractivity contribution in [2.45, 2.75) is 39.2 Å². The predicted molar refractivity (Wildman–Crippen MR) is 147 cm³/mol. The van der Waals surface area contributed by atoms with Crippen LogP contribution in [0.5, 0.6) is 0 Å². The second-order valence-electron chi connectivity index (χ2n) is 9.46. The van der Waals surface area contributed by atoms with Crippen molar-refractivity contribution in [2.75, 3.05) is 0 Å². The van der Waals surface area contributed by atoms with E-state index in [0.717, 1.165) is 33.5 Å². The summed E-state index contributed by atoms with van der Waals surface area (Å²) in [6, 6.07) is 25.9. The first kappa shape index (κ1) is 26.5. The Balaban J connectivity index is 1.58. The number of aliphatic carboxylic acids is 1. The molecule has 0 aliphatic heterocycles. The molecule has 6 nitrogen and oxygen atoms in total. The molecule has 0 bridgehead atoms. The fraction of sp³-hybridized carbons (Fsp3) is 0.188. The molecule has 192 valence electrons. The number of aromatic nitrogens is 1. The predicted octanol–water partition coefficient (Wildman–Crippen LogP) is 5.97. The zero-order chi connectivity index (χ0) is 27.2. The van der Waals surface area contributed by atoms with Crippen LogP contribution in [0.2, 0.25) is 0 Å². The highest BCUT2D eigenvalue weighted by Gasteiger charge is 2.21. The van der Waals surface area contributed by atoms with Crippen molar-refractivity contribution >= 4 is 17.7 Å². The van der Waals surface area contributed by atoms with E-state index in [1.807, 2.05) is 61.5 Å². The quantitative estimate of drug-likeness (QED) is 0.273. The van der Waals surface area contributed by atoms with Crippen molar-refractivity contribution in [3.63, 3.8) is 0 Å². The molecule has 3 aromatic carbocycles. The lowest BCUT2D eigenvalue weighted by Gasteiger charge is -2.20. The Morgan fingerprint density at radius 1 is 0.842 bits per heavy atom. The van der Waals surface area contributed by atoms with Crippen LogP contribution in [-0.2, 0) is 4.79 Å². The van der Waals surface area contributed by atoms with Crippen LogP contribution in [0.3, 0.4) is 0 Å². The minimum atomic E-state index is -1.09. The van der Waals surface area contributed by atoms with E-state index in [4.69, 9.17) is 5.11 Å². The maximum absolute atomic E-state index is 13.3. The van der Waals surface area contributed by atoms with Gasteiger partial charge in [0, 0.05) is 35.4 Å². The van der Waals surface area contributed by atoms with Crippen LogP contribution < -0.4 is 5.32 Å². The van der Waals surface area contributed by atoms with Gasteiger partial charge in [-0.25, -0.2) is 0 Å². The standard InChI is InChI=1S/C32H30N2O4/c1-20-6-4-5-7-28(20)29(19-30(35)27-16-17-33-21(2)18-27)25-12-8-23(9-13-25)24-10-14-26(15-11-24)31(36)34-22(3)32(37)38/h4-18,22,29H,19H2,1-3H3,(H,34,36)(H,37,38)/t22?,29-/m0/s1. The van der Waals surface area contributed by atoms with E-state index >= 15 is 0 Å². The lowest BCUT2D eigenvalue weighted by Crippen LogP contribution is -2.38. The molecule has 4 rings (SSSR count). The van der Waals surface area contributed by atoms with Gasteiger partial charge >= 0.3 is 5.97 Å². The molecule has 0 fully saturated rings. The van der Waals surface area contributed by atoms with Gasteiger partial charge in [-0.05, 0) is 72.9 Å². The zero-order valence-electron chi connectivity index (χ0n) is 21.6. The second-order valence-corrected chi connectivity index (χ2v) is 9.46. The Labute approximate surface area is 222 Å². The van der Waals surface area contributed by atoms with Gasteiger partial charge < -0.3 is 10.4 Å². The van der Waals surface area contributed by atoms with Gasteiger partial charge in [-0.1, -0.05) is 60.7 Å². The van der Waals surface area contributed by atoms with E-state index in [9.17, 15) is 14.4 Å². The summed E-state index contributed by atoms with van der Waals surface area (Å²) in [6.45, 7) is 5.36. The molecular formula is C32H30N2O4. The first-order valence-corrected chi connectivity index (χ1v) is 12.5. The number of amides is 1. The first-order valence-electron chi connectivity index (χ1n) is 12.5. The maximum atomic E-state index is 13.3. The molecule has 38 heavy (non-hydrogen) atoms. The van der Waals surface area contributed by atoms with Crippen molar-refractivity contribution in [1.82, 2.24) is 10.3 Å². The van der Waals surface area contributed by atoms with Gasteiger partial charge in [0.2, 0.25) is 0 Å². The van der Waals surface area contributed by atoms with E-state index in [2.05, 4.69) is 29.4 Å². The molecule has 6 heteroatoms. The van der Waals surface area contributed by atoms with E-state index in [0.29, 0.717) is 17.5 Å². The molecule has 1 unspecified atom stereocenters. The van der Waals surface area contributed by atoms with Crippen molar-refractivity contribution in [2.24, 2.45) is 0 Å². The molecule has 2 atom stereocenters. The summed E-state index contributed by atoms with van der Waals surface area (Å²) in [6.07, 6.45) is 2.01. The van der Waals surface area contributed by atoms with Gasteiger partial charge in [0.15, 0.2) is 5.78 Å². The van der Waals surface area contributed by atoms with Crippen molar-refractivity contribution in [1.29, 1.82) is 0 Å². The van der Waals surface area contributed by atoms with Crippen molar-refractivity contribution in [3.05, 3.63) is 125 Å². The molecule has 4 aromatic rings. The van der Waals surface area contributed by atoms with Crippen LogP contribution in [0.1, 0.15) is 62.4 Å². The van der Waals surface area contributed by atoms with Crippen LogP contribution in [0.4, 0.5) is 0 Å². The van der Waals surface area contributed by atoms with Crippen LogP contribution >= 0.6 is 0 Å². The number of carbonyl (C=O) groups excluding carboxylic acids is 2. The fourth-order valence-corrected chi connectivity index (χ4v) is 4.47. The largest absolute Gasteiger partial charge is 0.480 e. The Morgan fingerprint density at radius 3 is 2.08 bits per heavy atom. The third-order valence-corrected chi connectivity index (χ3v) is 6.68.